The fourth-order valence-corrected chi connectivity index (χ4v) is 6.25. The zero-order valence-electron chi connectivity index (χ0n) is 27.6. The van der Waals surface area contributed by atoms with Gasteiger partial charge in [-0.3, -0.25) is 13.9 Å². The van der Waals surface area contributed by atoms with Gasteiger partial charge in [-0.2, -0.15) is 0 Å². The first-order valence-corrected chi connectivity index (χ1v) is 16.6. The summed E-state index contributed by atoms with van der Waals surface area (Å²) in [4.78, 5) is 29.1. The third kappa shape index (κ3) is 9.06. The highest BCUT2D eigenvalue weighted by atomic mass is 32.2. The topological polar surface area (TPSA) is 124 Å². The first-order valence-electron chi connectivity index (χ1n) is 15.2. The van der Waals surface area contributed by atoms with Gasteiger partial charge in [-0.1, -0.05) is 32.9 Å². The van der Waals surface area contributed by atoms with E-state index in [2.05, 4.69) is 5.32 Å². The number of sulfonamides is 1. The minimum absolute atomic E-state index is 0.0527. The number of hydrogen-bond donors (Lipinski definition) is 1. The highest BCUT2D eigenvalue weighted by molar-refractivity contribution is 7.92. The predicted octanol–water partition coefficient (Wildman–Crippen LogP) is 4.89. The van der Waals surface area contributed by atoms with Gasteiger partial charge in [0.1, 0.15) is 24.1 Å². The van der Waals surface area contributed by atoms with Gasteiger partial charge in [-0.05, 0) is 73.4 Å². The van der Waals surface area contributed by atoms with Crippen molar-refractivity contribution in [3.8, 4) is 23.0 Å². The fourth-order valence-electron chi connectivity index (χ4n) is 4.82. The minimum atomic E-state index is -4.33. The molecule has 2 amide bonds. The summed E-state index contributed by atoms with van der Waals surface area (Å²) in [5.74, 6) is 1.03. The van der Waals surface area contributed by atoms with Crippen LogP contribution in [0.4, 0.5) is 5.69 Å². The van der Waals surface area contributed by atoms with Crippen molar-refractivity contribution >= 4 is 27.5 Å². The number of hydrogen-bond acceptors (Lipinski definition) is 8. The smallest absolute Gasteiger partial charge is 0.264 e. The van der Waals surface area contributed by atoms with E-state index in [1.54, 1.807) is 49.6 Å². The molecular weight excluding hydrogens is 610 g/mol. The molecule has 3 aromatic rings. The van der Waals surface area contributed by atoms with Crippen LogP contribution in [0.2, 0.25) is 0 Å². The Hall–Kier alpha value is -4.45. The highest BCUT2D eigenvalue weighted by Gasteiger charge is 2.34. The third-order valence-corrected chi connectivity index (χ3v) is 8.98. The third-order valence-electron chi connectivity index (χ3n) is 7.22. The Bertz CT molecular complexity index is 1560. The molecule has 0 fully saturated rings. The van der Waals surface area contributed by atoms with Crippen molar-refractivity contribution in [1.29, 1.82) is 0 Å². The molecule has 0 radical (unpaired) electrons. The Morgan fingerprint density at radius 2 is 1.54 bits per heavy atom. The average molecular weight is 656 g/mol. The van der Waals surface area contributed by atoms with Crippen LogP contribution in [-0.4, -0.2) is 72.2 Å². The van der Waals surface area contributed by atoms with E-state index >= 15 is 0 Å². The largest absolute Gasteiger partial charge is 0.497 e. The Morgan fingerprint density at radius 1 is 0.848 bits per heavy atom. The molecule has 3 rings (SSSR count). The lowest BCUT2D eigenvalue weighted by Gasteiger charge is -2.33. The number of carbonyl (C=O) groups is 2. The Balaban J connectivity index is 2.11. The molecule has 0 spiro atoms. The minimum Gasteiger partial charge on any atom is -0.497 e. The summed E-state index contributed by atoms with van der Waals surface area (Å²) in [6, 6.07) is 17.0. The molecule has 0 aliphatic carbocycles. The van der Waals surface area contributed by atoms with E-state index in [-0.39, 0.29) is 34.7 Å². The summed E-state index contributed by atoms with van der Waals surface area (Å²) in [6.45, 7) is 7.96. The van der Waals surface area contributed by atoms with Crippen LogP contribution in [0.15, 0.2) is 71.6 Å². The van der Waals surface area contributed by atoms with Crippen LogP contribution in [0, 0.1) is 5.92 Å². The summed E-state index contributed by atoms with van der Waals surface area (Å²) >= 11 is 0. The second-order valence-electron chi connectivity index (χ2n) is 10.9. The molecule has 3 aromatic carbocycles. The first-order chi connectivity index (χ1) is 22.0. The zero-order valence-corrected chi connectivity index (χ0v) is 28.4. The van der Waals surface area contributed by atoms with Crippen molar-refractivity contribution in [3.05, 3.63) is 72.3 Å². The molecule has 0 aliphatic rings. The quantitative estimate of drug-likeness (QED) is 0.218. The molecular formula is C34H45N3O8S. The van der Waals surface area contributed by atoms with Gasteiger partial charge in [0, 0.05) is 19.2 Å². The number of anilines is 1. The number of nitrogens with zero attached hydrogens (tertiary/aromatic N) is 2. The van der Waals surface area contributed by atoms with Crippen LogP contribution >= 0.6 is 0 Å². The van der Waals surface area contributed by atoms with Crippen LogP contribution in [0.1, 0.15) is 39.7 Å². The van der Waals surface area contributed by atoms with Crippen LogP contribution in [0.5, 0.6) is 23.0 Å². The molecule has 0 saturated heterocycles. The van der Waals surface area contributed by atoms with Crippen molar-refractivity contribution in [1.82, 2.24) is 10.2 Å². The lowest BCUT2D eigenvalue weighted by Crippen LogP contribution is -2.52. The maximum Gasteiger partial charge on any atom is 0.264 e. The van der Waals surface area contributed by atoms with E-state index < -0.39 is 28.5 Å². The van der Waals surface area contributed by atoms with Gasteiger partial charge in [0.15, 0.2) is 11.5 Å². The number of amides is 2. The van der Waals surface area contributed by atoms with Crippen LogP contribution in [0.3, 0.4) is 0 Å². The molecule has 1 N–H and O–H groups in total. The lowest BCUT2D eigenvalue weighted by atomic mass is 10.1. The van der Waals surface area contributed by atoms with Gasteiger partial charge < -0.3 is 29.2 Å². The summed E-state index contributed by atoms with van der Waals surface area (Å²) in [6.07, 6.45) is 0.311. The summed E-state index contributed by atoms with van der Waals surface area (Å²) < 4.78 is 51.2. The van der Waals surface area contributed by atoms with Crippen molar-refractivity contribution in [2.45, 2.75) is 51.6 Å². The summed E-state index contributed by atoms with van der Waals surface area (Å²) in [7, 11) is 0.0755. The van der Waals surface area contributed by atoms with Gasteiger partial charge in [-0.25, -0.2) is 8.42 Å². The van der Waals surface area contributed by atoms with Gasteiger partial charge in [0.2, 0.25) is 11.8 Å². The van der Waals surface area contributed by atoms with Gasteiger partial charge >= 0.3 is 0 Å². The Kier molecular flexibility index (Phi) is 13.1. The summed E-state index contributed by atoms with van der Waals surface area (Å²) in [5.41, 5.74) is 0.961. The lowest BCUT2D eigenvalue weighted by molar-refractivity contribution is -0.140. The van der Waals surface area contributed by atoms with Gasteiger partial charge in [0.05, 0.1) is 38.5 Å². The first kappa shape index (κ1) is 36.0. The highest BCUT2D eigenvalue weighted by Crippen LogP contribution is 2.33. The molecule has 11 nitrogen and oxygen atoms in total. The van der Waals surface area contributed by atoms with E-state index in [1.165, 1.54) is 37.3 Å². The average Bonchev–Trinajstić information content (AvgIpc) is 3.06. The Labute approximate surface area is 272 Å². The van der Waals surface area contributed by atoms with Gasteiger partial charge in [0.25, 0.3) is 10.0 Å². The fraction of sp³-hybridized carbons (Fsp3) is 0.412. The van der Waals surface area contributed by atoms with Crippen molar-refractivity contribution in [3.63, 3.8) is 0 Å². The second-order valence-corrected chi connectivity index (χ2v) is 12.8. The normalized spacial score (nSPS) is 11.8. The number of ether oxygens (including phenoxy) is 4. The molecule has 12 heteroatoms. The van der Waals surface area contributed by atoms with E-state index in [0.29, 0.717) is 36.8 Å². The standard InChI is InChI=1S/C34H45N3O8S/c1-8-30(34(39)35-21-24(3)4)36(22-25-11-10-12-28(19-25)42-5)33(38)23-37(26-13-15-27(16-14-26)45-9-2)46(40,41)29-17-18-31(43-6)32(20-29)44-7/h10-20,24,30H,8-9,21-23H2,1-7H3,(H,35,39). The Morgan fingerprint density at radius 3 is 2.13 bits per heavy atom. The molecule has 0 saturated carbocycles. The number of benzene rings is 3. The molecule has 0 bridgehead atoms. The molecule has 0 aromatic heterocycles. The molecule has 1 atom stereocenters. The van der Waals surface area contributed by atoms with E-state index in [1.807, 2.05) is 33.8 Å². The van der Waals surface area contributed by atoms with E-state index in [0.717, 1.165) is 9.87 Å². The molecule has 46 heavy (non-hydrogen) atoms. The predicted molar refractivity (Wildman–Crippen MR) is 177 cm³/mol. The SMILES string of the molecule is CCOc1ccc(N(CC(=O)N(Cc2cccc(OC)c2)C(CC)C(=O)NCC(C)C)S(=O)(=O)c2ccc(OC)c(OC)c2)cc1. The summed E-state index contributed by atoms with van der Waals surface area (Å²) in [5, 5.41) is 2.93. The van der Waals surface area contributed by atoms with Crippen molar-refractivity contribution < 1.29 is 37.0 Å². The molecule has 250 valence electrons. The molecule has 1 unspecified atom stereocenters. The van der Waals surface area contributed by atoms with Crippen molar-refractivity contribution in [2.24, 2.45) is 5.92 Å². The second kappa shape index (κ2) is 16.7. The maximum atomic E-state index is 14.3. The zero-order chi connectivity index (χ0) is 33.9. The van der Waals surface area contributed by atoms with E-state index in [4.69, 9.17) is 18.9 Å². The van der Waals surface area contributed by atoms with Crippen molar-refractivity contribution in [2.75, 3.05) is 45.3 Å². The van der Waals surface area contributed by atoms with Gasteiger partial charge in [-0.15, -0.1) is 0 Å². The number of nitrogens with one attached hydrogen (secondary N) is 1. The van der Waals surface area contributed by atoms with Crippen LogP contribution in [-0.2, 0) is 26.2 Å². The number of carbonyl (C=O) groups excluding carboxylic acids is 2. The van der Waals surface area contributed by atoms with E-state index in [9.17, 15) is 18.0 Å². The molecule has 0 heterocycles. The van der Waals surface area contributed by atoms with Crippen LogP contribution < -0.4 is 28.6 Å². The number of rotatable bonds is 17. The molecule has 0 aliphatic heterocycles. The maximum absolute atomic E-state index is 14.3. The monoisotopic (exact) mass is 655 g/mol. The van der Waals surface area contributed by atoms with Crippen LogP contribution in [0.25, 0.3) is 0 Å². The number of methoxy groups -OCH3 is 3.